The fraction of sp³-hybridized carbons (Fsp3) is 0.167. The van der Waals surface area contributed by atoms with E-state index >= 15 is 0 Å². The van der Waals surface area contributed by atoms with Gasteiger partial charge in [0.1, 0.15) is 17.7 Å². The zero-order chi connectivity index (χ0) is 19.0. The average Bonchev–Trinajstić information content (AvgIpc) is 3.30. The van der Waals surface area contributed by atoms with Gasteiger partial charge in [0.15, 0.2) is 22.9 Å². The Bertz CT molecular complexity index is 1120. The number of aromatic nitrogens is 4. The van der Waals surface area contributed by atoms with Crippen molar-refractivity contribution in [3.05, 3.63) is 47.8 Å². The number of aryl methyl sites for hydroxylation is 1. The Kier molecular flexibility index (Phi) is 4.33. The normalized spacial score (nSPS) is 11.0. The Balaban J connectivity index is 1.68. The minimum atomic E-state index is 0.126. The SMILES string of the molecule is COc1cc(-n2cnc(Nc3nc(Cl)nc4ccoc34)c2)cc(C)c1OC. The molecule has 0 bridgehead atoms. The van der Waals surface area contributed by atoms with Gasteiger partial charge in [0.2, 0.25) is 5.28 Å². The largest absolute Gasteiger partial charge is 0.493 e. The van der Waals surface area contributed by atoms with E-state index < -0.39 is 0 Å². The predicted octanol–water partition coefficient (Wildman–Crippen LogP) is 4.13. The van der Waals surface area contributed by atoms with Crippen LogP contribution in [0.3, 0.4) is 0 Å². The van der Waals surface area contributed by atoms with Gasteiger partial charge >= 0.3 is 0 Å². The molecule has 0 spiro atoms. The third-order valence-electron chi connectivity index (χ3n) is 4.05. The maximum atomic E-state index is 5.97. The molecule has 1 N–H and O–H groups in total. The first-order valence-electron chi connectivity index (χ1n) is 8.04. The molecule has 0 aliphatic rings. The van der Waals surface area contributed by atoms with Crippen molar-refractivity contribution in [1.29, 1.82) is 0 Å². The minimum Gasteiger partial charge on any atom is -0.493 e. The highest BCUT2D eigenvalue weighted by Gasteiger charge is 2.13. The zero-order valence-electron chi connectivity index (χ0n) is 14.9. The molecule has 8 nitrogen and oxygen atoms in total. The molecule has 138 valence electrons. The number of anilines is 2. The van der Waals surface area contributed by atoms with Gasteiger partial charge in [-0.1, -0.05) is 0 Å². The Morgan fingerprint density at radius 2 is 2.04 bits per heavy atom. The van der Waals surface area contributed by atoms with Crippen LogP contribution in [0.2, 0.25) is 5.28 Å². The van der Waals surface area contributed by atoms with Crippen molar-refractivity contribution in [2.24, 2.45) is 0 Å². The molecule has 0 saturated heterocycles. The summed E-state index contributed by atoms with van der Waals surface area (Å²) in [7, 11) is 3.22. The summed E-state index contributed by atoms with van der Waals surface area (Å²) in [6.45, 7) is 1.96. The highest BCUT2D eigenvalue weighted by atomic mass is 35.5. The van der Waals surface area contributed by atoms with Crippen molar-refractivity contribution in [3.8, 4) is 17.2 Å². The second-order valence-corrected chi connectivity index (χ2v) is 6.10. The Morgan fingerprint density at radius 1 is 1.19 bits per heavy atom. The first-order valence-corrected chi connectivity index (χ1v) is 8.41. The van der Waals surface area contributed by atoms with Crippen molar-refractivity contribution >= 4 is 34.3 Å². The number of hydrogen-bond acceptors (Lipinski definition) is 7. The van der Waals surface area contributed by atoms with Gasteiger partial charge in [-0.25, -0.2) is 9.97 Å². The van der Waals surface area contributed by atoms with Crippen molar-refractivity contribution in [3.63, 3.8) is 0 Å². The van der Waals surface area contributed by atoms with Gasteiger partial charge in [0, 0.05) is 12.1 Å². The molecular weight excluding hydrogens is 370 g/mol. The van der Waals surface area contributed by atoms with Crippen LogP contribution in [0.25, 0.3) is 16.8 Å². The number of methoxy groups -OCH3 is 2. The van der Waals surface area contributed by atoms with E-state index in [0.29, 0.717) is 34.2 Å². The van der Waals surface area contributed by atoms with Crippen LogP contribution in [0, 0.1) is 6.92 Å². The number of nitrogens with zero attached hydrogens (tertiary/aromatic N) is 4. The van der Waals surface area contributed by atoms with E-state index in [1.165, 1.54) is 6.26 Å². The van der Waals surface area contributed by atoms with Gasteiger partial charge < -0.3 is 23.8 Å². The molecule has 0 aliphatic heterocycles. The Morgan fingerprint density at radius 3 is 2.81 bits per heavy atom. The summed E-state index contributed by atoms with van der Waals surface area (Å²) in [5.74, 6) is 2.38. The van der Waals surface area contributed by atoms with Gasteiger partial charge in [-0.3, -0.25) is 0 Å². The molecule has 27 heavy (non-hydrogen) atoms. The number of rotatable bonds is 5. The quantitative estimate of drug-likeness (QED) is 0.517. The lowest BCUT2D eigenvalue weighted by Gasteiger charge is -2.13. The monoisotopic (exact) mass is 385 g/mol. The predicted molar refractivity (Wildman–Crippen MR) is 102 cm³/mol. The summed E-state index contributed by atoms with van der Waals surface area (Å²) in [5, 5.41) is 3.24. The number of nitrogens with one attached hydrogen (secondary N) is 1. The summed E-state index contributed by atoms with van der Waals surface area (Å²) >= 11 is 5.97. The molecule has 0 amide bonds. The first kappa shape index (κ1) is 17.2. The third kappa shape index (κ3) is 3.15. The summed E-state index contributed by atoms with van der Waals surface area (Å²) in [6, 6.07) is 5.59. The summed E-state index contributed by atoms with van der Waals surface area (Å²) in [4.78, 5) is 12.7. The fourth-order valence-corrected chi connectivity index (χ4v) is 3.03. The molecule has 4 aromatic rings. The van der Waals surface area contributed by atoms with Crippen molar-refractivity contribution < 1.29 is 13.9 Å². The lowest BCUT2D eigenvalue weighted by atomic mass is 10.2. The van der Waals surface area contributed by atoms with E-state index in [-0.39, 0.29) is 5.28 Å². The Hall–Kier alpha value is -3.26. The Labute approximate surface area is 159 Å². The maximum Gasteiger partial charge on any atom is 0.225 e. The molecule has 0 radical (unpaired) electrons. The average molecular weight is 386 g/mol. The van der Waals surface area contributed by atoms with Crippen LogP contribution in [0.5, 0.6) is 11.5 Å². The van der Waals surface area contributed by atoms with E-state index in [0.717, 1.165) is 11.3 Å². The zero-order valence-corrected chi connectivity index (χ0v) is 15.6. The third-order valence-corrected chi connectivity index (χ3v) is 4.22. The van der Waals surface area contributed by atoms with E-state index in [9.17, 15) is 0 Å². The molecule has 0 aliphatic carbocycles. The summed E-state index contributed by atoms with van der Waals surface area (Å²) in [6.07, 6.45) is 5.04. The van der Waals surface area contributed by atoms with E-state index in [1.807, 2.05) is 29.8 Å². The lowest BCUT2D eigenvalue weighted by Crippen LogP contribution is -1.98. The smallest absolute Gasteiger partial charge is 0.225 e. The van der Waals surface area contributed by atoms with Crippen LogP contribution >= 0.6 is 11.6 Å². The number of benzene rings is 1. The van der Waals surface area contributed by atoms with Crippen LogP contribution in [0.15, 0.2) is 41.4 Å². The van der Waals surface area contributed by atoms with Crippen LogP contribution in [-0.2, 0) is 0 Å². The van der Waals surface area contributed by atoms with E-state index in [1.54, 1.807) is 26.6 Å². The number of ether oxygens (including phenoxy) is 2. The molecule has 3 aromatic heterocycles. The molecule has 9 heteroatoms. The molecule has 0 atom stereocenters. The second-order valence-electron chi connectivity index (χ2n) is 5.77. The van der Waals surface area contributed by atoms with Gasteiger partial charge in [-0.15, -0.1) is 0 Å². The van der Waals surface area contributed by atoms with Gasteiger partial charge in [-0.05, 0) is 30.2 Å². The summed E-state index contributed by atoms with van der Waals surface area (Å²) < 4.78 is 18.1. The van der Waals surface area contributed by atoms with Gasteiger partial charge in [-0.2, -0.15) is 4.98 Å². The van der Waals surface area contributed by atoms with Crippen LogP contribution in [0.1, 0.15) is 5.56 Å². The fourth-order valence-electron chi connectivity index (χ4n) is 2.86. The van der Waals surface area contributed by atoms with Crippen LogP contribution in [-0.4, -0.2) is 33.7 Å². The van der Waals surface area contributed by atoms with Gasteiger partial charge in [0.05, 0.1) is 32.4 Å². The van der Waals surface area contributed by atoms with Crippen molar-refractivity contribution in [2.45, 2.75) is 6.92 Å². The summed E-state index contributed by atoms with van der Waals surface area (Å²) in [5.41, 5.74) is 2.97. The maximum absolute atomic E-state index is 5.97. The second kappa shape index (κ2) is 6.81. The number of hydrogen-bond donors (Lipinski definition) is 1. The van der Waals surface area contributed by atoms with Gasteiger partial charge in [0.25, 0.3) is 0 Å². The standard InChI is InChI=1S/C18H16ClN5O3/c1-10-6-11(7-13(25-2)15(10)26-3)24-8-14(20-9-24)22-17-16-12(4-5-27-16)21-18(19)23-17/h4-9H,1-3H3,(H,21,22,23). The highest BCUT2D eigenvalue weighted by Crippen LogP contribution is 2.33. The van der Waals surface area contributed by atoms with Crippen molar-refractivity contribution in [2.75, 3.05) is 19.5 Å². The molecule has 1 aromatic carbocycles. The first-order chi connectivity index (χ1) is 13.1. The van der Waals surface area contributed by atoms with Crippen molar-refractivity contribution in [1.82, 2.24) is 19.5 Å². The highest BCUT2D eigenvalue weighted by molar-refractivity contribution is 6.28. The molecule has 4 rings (SSSR count). The molecule has 0 saturated carbocycles. The molecule has 0 unspecified atom stereocenters. The van der Waals surface area contributed by atoms with Crippen LogP contribution < -0.4 is 14.8 Å². The lowest BCUT2D eigenvalue weighted by molar-refractivity contribution is 0.353. The number of furan rings is 1. The number of fused-ring (bicyclic) bond motifs is 1. The number of imidazole rings is 1. The molecule has 0 fully saturated rings. The molecular formula is C18H16ClN5O3. The topological polar surface area (TPSA) is 87.2 Å². The number of halogens is 1. The van der Waals surface area contributed by atoms with E-state index in [4.69, 9.17) is 25.5 Å². The minimum absolute atomic E-state index is 0.126. The van der Waals surface area contributed by atoms with Crippen LogP contribution in [0.4, 0.5) is 11.6 Å². The molecule has 3 heterocycles. The van der Waals surface area contributed by atoms with E-state index in [2.05, 4.69) is 20.3 Å².